The monoisotopic (exact) mass is 299 g/mol. The summed E-state index contributed by atoms with van der Waals surface area (Å²) in [5.41, 5.74) is -0.203. The van der Waals surface area contributed by atoms with Gasteiger partial charge in [-0.25, -0.2) is 9.97 Å². The predicted octanol–water partition coefficient (Wildman–Crippen LogP) is 1.96. The van der Waals surface area contributed by atoms with Crippen molar-refractivity contribution in [2.24, 2.45) is 0 Å². The van der Waals surface area contributed by atoms with E-state index in [0.29, 0.717) is 24.9 Å². The number of anilines is 1. The van der Waals surface area contributed by atoms with Crippen LogP contribution in [0, 0.1) is 10.1 Å². The van der Waals surface area contributed by atoms with Gasteiger partial charge in [0.15, 0.2) is 0 Å². The lowest BCUT2D eigenvalue weighted by atomic mass is 10.2. The van der Waals surface area contributed by atoms with Crippen LogP contribution in [0.4, 0.5) is 11.5 Å². The first kappa shape index (κ1) is 14.9. The number of nitro groups is 1. The molecule has 0 N–H and O–H groups in total. The van der Waals surface area contributed by atoms with Crippen LogP contribution in [0.15, 0.2) is 6.33 Å². The Morgan fingerprint density at radius 2 is 2.05 bits per heavy atom. The fourth-order valence-corrected chi connectivity index (χ4v) is 2.57. The van der Waals surface area contributed by atoms with Gasteiger partial charge in [0.2, 0.25) is 11.0 Å². The van der Waals surface area contributed by atoms with Crippen LogP contribution in [0.25, 0.3) is 0 Å². The molecule has 0 aromatic carbocycles. The van der Waals surface area contributed by atoms with E-state index in [9.17, 15) is 10.1 Å². The number of nitrogens with zero attached hydrogens (tertiary/aromatic N) is 5. The highest BCUT2D eigenvalue weighted by Gasteiger charge is 2.29. The van der Waals surface area contributed by atoms with Crippen LogP contribution >= 0.6 is 11.6 Å². The Morgan fingerprint density at radius 3 is 2.60 bits per heavy atom. The summed E-state index contributed by atoms with van der Waals surface area (Å²) < 4.78 is 0. The maximum Gasteiger partial charge on any atom is 0.348 e. The average Bonchev–Trinajstić information content (AvgIpc) is 2.46. The summed E-state index contributed by atoms with van der Waals surface area (Å²) in [6, 6.07) is 0.529. The van der Waals surface area contributed by atoms with E-state index in [2.05, 4.69) is 28.7 Å². The molecule has 1 aromatic rings. The number of aromatic nitrogens is 2. The molecule has 8 heteroatoms. The Kier molecular flexibility index (Phi) is 4.72. The van der Waals surface area contributed by atoms with Crippen molar-refractivity contribution in [3.63, 3.8) is 0 Å². The molecule has 1 unspecified atom stereocenters. The van der Waals surface area contributed by atoms with E-state index in [4.69, 9.17) is 11.6 Å². The number of halogens is 1. The van der Waals surface area contributed by atoms with E-state index in [1.54, 1.807) is 0 Å². The van der Waals surface area contributed by atoms with Gasteiger partial charge >= 0.3 is 5.69 Å². The Balaban J connectivity index is 2.15. The zero-order valence-electron chi connectivity index (χ0n) is 11.6. The molecule has 0 saturated carbocycles. The molecular formula is C12H18ClN5O2. The van der Waals surface area contributed by atoms with Gasteiger partial charge in [-0.15, -0.1) is 0 Å². The van der Waals surface area contributed by atoms with Gasteiger partial charge in [0.25, 0.3) is 0 Å². The Bertz CT molecular complexity index is 491. The Hall–Kier alpha value is -1.47. The summed E-state index contributed by atoms with van der Waals surface area (Å²) in [7, 11) is 0. The normalized spacial score (nSPS) is 18.1. The lowest BCUT2D eigenvalue weighted by Crippen LogP contribution is -2.49. The molecule has 1 aliphatic heterocycles. The van der Waals surface area contributed by atoms with Gasteiger partial charge in [-0.1, -0.05) is 18.5 Å². The number of piperazine rings is 1. The molecule has 2 heterocycles. The van der Waals surface area contributed by atoms with E-state index in [1.807, 2.05) is 4.90 Å². The van der Waals surface area contributed by atoms with Crippen LogP contribution in [0.5, 0.6) is 0 Å². The van der Waals surface area contributed by atoms with Gasteiger partial charge in [0, 0.05) is 32.2 Å². The zero-order valence-corrected chi connectivity index (χ0v) is 12.4. The van der Waals surface area contributed by atoms with Crippen molar-refractivity contribution in [2.45, 2.75) is 26.3 Å². The van der Waals surface area contributed by atoms with Gasteiger partial charge in [0.05, 0.1) is 4.92 Å². The van der Waals surface area contributed by atoms with E-state index >= 15 is 0 Å². The standard InChI is InChI=1S/C12H18ClN5O2/c1-3-9(2)16-4-6-17(7-5-16)12-10(18(19)20)11(13)14-8-15-12/h8-9H,3-7H2,1-2H3. The lowest BCUT2D eigenvalue weighted by molar-refractivity contribution is -0.384. The molecule has 1 atom stereocenters. The van der Waals surface area contributed by atoms with E-state index in [-0.39, 0.29) is 10.8 Å². The maximum atomic E-state index is 11.1. The van der Waals surface area contributed by atoms with E-state index < -0.39 is 4.92 Å². The summed E-state index contributed by atoms with van der Waals surface area (Å²) in [6.07, 6.45) is 2.37. The minimum atomic E-state index is -0.515. The van der Waals surface area contributed by atoms with Crippen LogP contribution in [0.1, 0.15) is 20.3 Å². The summed E-state index contributed by atoms with van der Waals surface area (Å²) >= 11 is 5.82. The van der Waals surface area contributed by atoms with Crippen molar-refractivity contribution in [1.29, 1.82) is 0 Å². The van der Waals surface area contributed by atoms with E-state index in [1.165, 1.54) is 6.33 Å². The summed E-state index contributed by atoms with van der Waals surface area (Å²) in [5.74, 6) is 0.318. The highest BCUT2D eigenvalue weighted by Crippen LogP contribution is 2.31. The quantitative estimate of drug-likeness (QED) is 0.480. The second-order valence-electron chi connectivity index (χ2n) is 4.87. The van der Waals surface area contributed by atoms with Gasteiger partial charge in [-0.05, 0) is 13.3 Å². The van der Waals surface area contributed by atoms with Crippen molar-refractivity contribution in [3.8, 4) is 0 Å². The van der Waals surface area contributed by atoms with Gasteiger partial charge in [-0.2, -0.15) is 0 Å². The first-order valence-electron chi connectivity index (χ1n) is 6.68. The first-order chi connectivity index (χ1) is 9.54. The second-order valence-corrected chi connectivity index (χ2v) is 5.23. The molecule has 1 fully saturated rings. The second kappa shape index (κ2) is 6.32. The smallest absolute Gasteiger partial charge is 0.348 e. The maximum absolute atomic E-state index is 11.1. The lowest BCUT2D eigenvalue weighted by Gasteiger charge is -2.38. The minimum Gasteiger partial charge on any atom is -0.348 e. The molecule has 0 bridgehead atoms. The van der Waals surface area contributed by atoms with Crippen LogP contribution in [-0.2, 0) is 0 Å². The third-order valence-corrected chi connectivity index (χ3v) is 4.05. The van der Waals surface area contributed by atoms with E-state index in [0.717, 1.165) is 19.5 Å². The third-order valence-electron chi connectivity index (χ3n) is 3.77. The molecule has 0 amide bonds. The van der Waals surface area contributed by atoms with Gasteiger partial charge in [0.1, 0.15) is 6.33 Å². The third kappa shape index (κ3) is 2.99. The number of rotatable bonds is 4. The largest absolute Gasteiger partial charge is 0.348 e. The molecule has 2 rings (SSSR count). The highest BCUT2D eigenvalue weighted by atomic mass is 35.5. The molecule has 1 aliphatic rings. The predicted molar refractivity (Wildman–Crippen MR) is 77.2 cm³/mol. The minimum absolute atomic E-state index is 0.107. The molecule has 7 nitrogen and oxygen atoms in total. The fourth-order valence-electron chi connectivity index (χ4n) is 2.37. The SMILES string of the molecule is CCC(C)N1CCN(c2ncnc(Cl)c2[N+](=O)[O-])CC1. The van der Waals surface area contributed by atoms with Crippen molar-refractivity contribution >= 4 is 23.1 Å². The summed E-state index contributed by atoms with van der Waals surface area (Å²) in [4.78, 5) is 22.6. The molecule has 110 valence electrons. The summed E-state index contributed by atoms with van der Waals surface area (Å²) in [5, 5.41) is 11.0. The molecule has 20 heavy (non-hydrogen) atoms. The molecule has 0 aliphatic carbocycles. The van der Waals surface area contributed by atoms with Gasteiger partial charge in [-0.3, -0.25) is 15.0 Å². The van der Waals surface area contributed by atoms with Crippen LogP contribution in [-0.4, -0.2) is 52.0 Å². The molecule has 0 radical (unpaired) electrons. The number of hydrogen-bond acceptors (Lipinski definition) is 6. The zero-order chi connectivity index (χ0) is 14.7. The first-order valence-corrected chi connectivity index (χ1v) is 7.06. The summed E-state index contributed by atoms with van der Waals surface area (Å²) in [6.45, 7) is 7.50. The fraction of sp³-hybridized carbons (Fsp3) is 0.667. The average molecular weight is 300 g/mol. The molecule has 1 aromatic heterocycles. The van der Waals surface area contributed by atoms with Crippen molar-refractivity contribution < 1.29 is 4.92 Å². The topological polar surface area (TPSA) is 75.4 Å². The van der Waals surface area contributed by atoms with Crippen LogP contribution in [0.2, 0.25) is 5.15 Å². The highest BCUT2D eigenvalue weighted by molar-refractivity contribution is 6.31. The molecular weight excluding hydrogens is 282 g/mol. The Labute approximate surface area is 122 Å². The van der Waals surface area contributed by atoms with Crippen LogP contribution in [0.3, 0.4) is 0 Å². The molecule has 0 spiro atoms. The van der Waals surface area contributed by atoms with Crippen molar-refractivity contribution in [1.82, 2.24) is 14.9 Å². The van der Waals surface area contributed by atoms with Crippen molar-refractivity contribution in [3.05, 3.63) is 21.6 Å². The Morgan fingerprint density at radius 1 is 1.40 bits per heavy atom. The van der Waals surface area contributed by atoms with Gasteiger partial charge < -0.3 is 4.90 Å². The van der Waals surface area contributed by atoms with Crippen LogP contribution < -0.4 is 4.90 Å². The number of hydrogen-bond donors (Lipinski definition) is 0. The molecule has 1 saturated heterocycles. The van der Waals surface area contributed by atoms with Crippen molar-refractivity contribution in [2.75, 3.05) is 31.1 Å².